The molecule has 1 aromatic heterocycles. The quantitative estimate of drug-likeness (QED) is 0.615. The zero-order valence-electron chi connectivity index (χ0n) is 16.4. The van der Waals surface area contributed by atoms with Crippen LogP contribution in [0.4, 0.5) is 0 Å². The number of aliphatic hydroxyl groups excluding tert-OH is 1. The Labute approximate surface area is 165 Å². The van der Waals surface area contributed by atoms with E-state index in [1.165, 1.54) is 4.90 Å². The van der Waals surface area contributed by atoms with Crippen LogP contribution in [0.5, 0.6) is 0 Å². The maximum absolute atomic E-state index is 12.1. The van der Waals surface area contributed by atoms with E-state index in [0.717, 1.165) is 16.7 Å². The van der Waals surface area contributed by atoms with Crippen molar-refractivity contribution in [1.29, 1.82) is 0 Å². The first-order chi connectivity index (χ1) is 13.5. The fourth-order valence-corrected chi connectivity index (χ4v) is 2.48. The normalized spacial score (nSPS) is 10.0. The molecule has 0 bridgehead atoms. The van der Waals surface area contributed by atoms with Gasteiger partial charge < -0.3 is 14.7 Å². The third kappa shape index (κ3) is 5.66. The Balaban J connectivity index is 2.20. The summed E-state index contributed by atoms with van der Waals surface area (Å²) in [5, 5.41) is 8.86. The minimum atomic E-state index is -0.441. The van der Waals surface area contributed by atoms with Crippen LogP contribution in [0, 0.1) is 18.8 Å². The van der Waals surface area contributed by atoms with Crippen molar-refractivity contribution in [1.82, 2.24) is 9.88 Å². The summed E-state index contributed by atoms with van der Waals surface area (Å²) >= 11 is 0. The van der Waals surface area contributed by atoms with E-state index in [2.05, 4.69) is 16.8 Å². The molecule has 0 aliphatic heterocycles. The summed E-state index contributed by atoms with van der Waals surface area (Å²) in [6.07, 6.45) is 0.0799. The Morgan fingerprint density at radius 3 is 2.75 bits per heavy atom. The average molecular weight is 380 g/mol. The minimum absolute atomic E-state index is 0.0744. The lowest BCUT2D eigenvalue weighted by molar-refractivity contribution is -0.129. The second-order valence-electron chi connectivity index (χ2n) is 6.18. The van der Waals surface area contributed by atoms with Crippen LogP contribution in [-0.4, -0.2) is 53.7 Å². The fraction of sp³-hybridized carbons (Fsp3) is 0.318. The average Bonchev–Trinajstić information content (AvgIpc) is 2.69. The summed E-state index contributed by atoms with van der Waals surface area (Å²) in [5.74, 6) is 5.25. The molecule has 0 radical (unpaired) electrons. The lowest BCUT2D eigenvalue weighted by Crippen LogP contribution is -2.28. The summed E-state index contributed by atoms with van der Waals surface area (Å²) in [7, 11) is 1.63. The number of aliphatic hydroxyl groups is 1. The number of carbonyl (C=O) groups is 2. The minimum Gasteiger partial charge on any atom is -0.461 e. The summed E-state index contributed by atoms with van der Waals surface area (Å²) in [6.45, 7) is 4.08. The molecule has 6 heteroatoms. The molecule has 0 aliphatic carbocycles. The molecule has 28 heavy (non-hydrogen) atoms. The number of aromatic nitrogens is 1. The van der Waals surface area contributed by atoms with Gasteiger partial charge in [0.25, 0.3) is 0 Å². The monoisotopic (exact) mass is 380 g/mol. The van der Waals surface area contributed by atoms with Crippen molar-refractivity contribution in [2.75, 3.05) is 26.8 Å². The van der Waals surface area contributed by atoms with Gasteiger partial charge in [-0.3, -0.25) is 4.79 Å². The number of likely N-dealkylation sites (N-methyl/N-ethyl adjacent to an activating group) is 1. The smallest absolute Gasteiger partial charge is 0.357 e. The summed E-state index contributed by atoms with van der Waals surface area (Å²) in [6, 6.07) is 11.1. The van der Waals surface area contributed by atoms with E-state index < -0.39 is 5.97 Å². The van der Waals surface area contributed by atoms with Gasteiger partial charge in [0.2, 0.25) is 5.91 Å². The molecule has 0 atom stereocenters. The molecule has 0 spiro atoms. The van der Waals surface area contributed by atoms with Gasteiger partial charge in [-0.2, -0.15) is 0 Å². The molecule has 0 fully saturated rings. The highest BCUT2D eigenvalue weighted by atomic mass is 16.5. The largest absolute Gasteiger partial charge is 0.461 e. The maximum Gasteiger partial charge on any atom is 0.357 e. The van der Waals surface area contributed by atoms with E-state index in [4.69, 9.17) is 9.84 Å². The van der Waals surface area contributed by atoms with Crippen LogP contribution >= 0.6 is 0 Å². The van der Waals surface area contributed by atoms with Gasteiger partial charge >= 0.3 is 5.97 Å². The predicted molar refractivity (Wildman–Crippen MR) is 107 cm³/mol. The highest BCUT2D eigenvalue weighted by Gasteiger charge is 2.13. The van der Waals surface area contributed by atoms with Gasteiger partial charge in [-0.1, -0.05) is 30.0 Å². The molecule has 0 saturated heterocycles. The zero-order chi connectivity index (χ0) is 20.5. The van der Waals surface area contributed by atoms with Gasteiger partial charge in [0.15, 0.2) is 5.69 Å². The highest BCUT2D eigenvalue weighted by Crippen LogP contribution is 2.20. The van der Waals surface area contributed by atoms with Crippen LogP contribution in [0.3, 0.4) is 0 Å². The highest BCUT2D eigenvalue weighted by molar-refractivity contribution is 5.89. The van der Waals surface area contributed by atoms with Crippen LogP contribution in [0.15, 0.2) is 36.4 Å². The molecular weight excluding hydrogens is 356 g/mol. The van der Waals surface area contributed by atoms with Crippen molar-refractivity contribution >= 4 is 11.9 Å². The number of ether oxygens (including phenoxy) is 1. The van der Waals surface area contributed by atoms with Crippen LogP contribution in [0.25, 0.3) is 11.3 Å². The van der Waals surface area contributed by atoms with Crippen LogP contribution in [0.1, 0.15) is 35.0 Å². The van der Waals surface area contributed by atoms with Gasteiger partial charge in [0.05, 0.1) is 25.3 Å². The lowest BCUT2D eigenvalue weighted by Gasteiger charge is -2.13. The molecule has 146 valence electrons. The van der Waals surface area contributed by atoms with E-state index in [9.17, 15) is 9.59 Å². The molecular formula is C22H24N2O4. The summed E-state index contributed by atoms with van der Waals surface area (Å²) in [5.41, 5.74) is 3.27. The van der Waals surface area contributed by atoms with E-state index in [1.54, 1.807) is 14.0 Å². The van der Waals surface area contributed by atoms with Crippen molar-refractivity contribution < 1.29 is 19.4 Å². The van der Waals surface area contributed by atoms with Gasteiger partial charge in [0.1, 0.15) is 0 Å². The van der Waals surface area contributed by atoms with Crippen molar-refractivity contribution in [3.8, 4) is 23.1 Å². The fourth-order valence-electron chi connectivity index (χ4n) is 2.48. The Hall–Kier alpha value is -3.17. The second kappa shape index (κ2) is 10.2. The third-order valence-corrected chi connectivity index (χ3v) is 4.06. The first-order valence-corrected chi connectivity index (χ1v) is 9.05. The standard InChI is InChI=1S/C22H24N2O4/c1-4-28-22(27)21-16(2)11-12-19(23-21)18-9-5-7-17(15-18)8-6-10-20(26)24(3)13-14-25/h5,7,9,11-12,15,25H,4,10,13-14H2,1-3H3. The Bertz CT molecular complexity index is 912. The zero-order valence-corrected chi connectivity index (χ0v) is 16.4. The van der Waals surface area contributed by atoms with E-state index in [0.29, 0.717) is 18.0 Å². The van der Waals surface area contributed by atoms with Crippen LogP contribution < -0.4 is 0 Å². The molecule has 1 aromatic carbocycles. The third-order valence-electron chi connectivity index (χ3n) is 4.06. The molecule has 2 aromatic rings. The summed E-state index contributed by atoms with van der Waals surface area (Å²) < 4.78 is 5.06. The van der Waals surface area contributed by atoms with Gasteiger partial charge in [-0.05, 0) is 37.6 Å². The topological polar surface area (TPSA) is 79.7 Å². The van der Waals surface area contributed by atoms with Crippen molar-refractivity contribution in [2.45, 2.75) is 20.3 Å². The van der Waals surface area contributed by atoms with Gasteiger partial charge in [0, 0.05) is 24.7 Å². The number of nitrogens with zero attached hydrogens (tertiary/aromatic N) is 2. The maximum atomic E-state index is 12.1. The van der Waals surface area contributed by atoms with Gasteiger partial charge in [-0.15, -0.1) is 0 Å². The number of amides is 1. The Morgan fingerprint density at radius 2 is 2.04 bits per heavy atom. The molecule has 6 nitrogen and oxygen atoms in total. The number of aryl methyl sites for hydroxylation is 1. The van der Waals surface area contributed by atoms with Crippen LogP contribution in [0.2, 0.25) is 0 Å². The molecule has 0 aliphatic rings. The number of rotatable bonds is 6. The van der Waals surface area contributed by atoms with Crippen molar-refractivity contribution in [3.63, 3.8) is 0 Å². The van der Waals surface area contributed by atoms with E-state index in [-0.39, 0.29) is 25.5 Å². The number of esters is 1. The predicted octanol–water partition coefficient (Wildman–Crippen LogP) is 2.43. The number of pyridine rings is 1. The second-order valence-corrected chi connectivity index (χ2v) is 6.18. The van der Waals surface area contributed by atoms with Gasteiger partial charge in [-0.25, -0.2) is 9.78 Å². The number of hydrogen-bond acceptors (Lipinski definition) is 5. The molecule has 0 saturated carbocycles. The Kier molecular flexibility index (Phi) is 7.73. The number of carbonyl (C=O) groups excluding carboxylic acids is 2. The van der Waals surface area contributed by atoms with E-state index in [1.807, 2.05) is 43.3 Å². The molecule has 1 N–H and O–H groups in total. The first kappa shape index (κ1) is 21.1. The number of hydrogen-bond donors (Lipinski definition) is 1. The molecule has 2 rings (SSSR count). The Morgan fingerprint density at radius 1 is 1.25 bits per heavy atom. The summed E-state index contributed by atoms with van der Waals surface area (Å²) in [4.78, 5) is 29.8. The van der Waals surface area contributed by atoms with Crippen LogP contribution in [-0.2, 0) is 9.53 Å². The van der Waals surface area contributed by atoms with Crippen molar-refractivity contribution in [2.24, 2.45) is 0 Å². The lowest BCUT2D eigenvalue weighted by atomic mass is 10.1. The SMILES string of the molecule is CCOC(=O)c1nc(-c2cccc(C#CCC(=O)N(C)CCO)c2)ccc1C. The molecule has 0 unspecified atom stereocenters. The van der Waals surface area contributed by atoms with E-state index >= 15 is 0 Å². The number of benzene rings is 1. The first-order valence-electron chi connectivity index (χ1n) is 9.05. The van der Waals surface area contributed by atoms with Crippen molar-refractivity contribution in [3.05, 3.63) is 53.2 Å². The molecule has 1 amide bonds. The molecule has 1 heterocycles.